The monoisotopic (exact) mass is 156 g/mol. The van der Waals surface area contributed by atoms with Gasteiger partial charge in [0, 0.05) is 7.05 Å². The van der Waals surface area contributed by atoms with Crippen LogP contribution in [0.15, 0.2) is 25.6 Å². The van der Waals surface area contributed by atoms with E-state index in [1.54, 1.807) is 7.05 Å². The second-order valence-corrected chi connectivity index (χ2v) is 1.44. The molecule has 0 bridgehead atoms. The van der Waals surface area contributed by atoms with Crippen molar-refractivity contribution in [1.29, 1.82) is 0 Å². The van der Waals surface area contributed by atoms with Crippen LogP contribution in [0.25, 0.3) is 0 Å². The lowest BCUT2D eigenvalue weighted by atomic mass is 10.8. The van der Waals surface area contributed by atoms with Gasteiger partial charge in [-0.2, -0.15) is 0 Å². The van der Waals surface area contributed by atoms with Crippen molar-refractivity contribution in [1.82, 2.24) is 10.2 Å². The van der Waals surface area contributed by atoms with E-state index in [0.717, 1.165) is 0 Å². The highest BCUT2D eigenvalue weighted by molar-refractivity contribution is 5.47. The summed E-state index contributed by atoms with van der Waals surface area (Å²) in [6.45, 7) is 6.53. The van der Waals surface area contributed by atoms with E-state index in [9.17, 15) is 9.59 Å². The lowest BCUT2D eigenvalue weighted by Crippen LogP contribution is -2.04. The Morgan fingerprint density at radius 2 is 1.91 bits per heavy atom. The number of rotatable bonds is 4. The van der Waals surface area contributed by atoms with Crippen molar-refractivity contribution in [2.45, 2.75) is 0 Å². The molecule has 62 valence electrons. The SMILES string of the molecule is C=CN(C)C=O.C=CNC=O. The van der Waals surface area contributed by atoms with E-state index in [1.807, 2.05) is 0 Å². The van der Waals surface area contributed by atoms with Crippen molar-refractivity contribution >= 4 is 12.8 Å². The minimum atomic E-state index is 0.562. The molecular formula is C7H12N2O2. The van der Waals surface area contributed by atoms with E-state index in [-0.39, 0.29) is 0 Å². The van der Waals surface area contributed by atoms with Crippen molar-refractivity contribution in [2.75, 3.05) is 7.05 Å². The molecule has 4 nitrogen and oxygen atoms in total. The highest BCUT2D eigenvalue weighted by atomic mass is 16.1. The van der Waals surface area contributed by atoms with E-state index in [4.69, 9.17) is 0 Å². The number of amides is 2. The van der Waals surface area contributed by atoms with Crippen LogP contribution in [-0.4, -0.2) is 24.8 Å². The predicted octanol–water partition coefficient (Wildman–Crippen LogP) is 0.0940. The molecule has 2 amide bonds. The molecule has 11 heavy (non-hydrogen) atoms. The molecule has 0 atom stereocenters. The topological polar surface area (TPSA) is 49.4 Å². The van der Waals surface area contributed by atoms with Gasteiger partial charge < -0.3 is 10.2 Å². The van der Waals surface area contributed by atoms with Gasteiger partial charge >= 0.3 is 0 Å². The first-order chi connectivity index (χ1) is 5.22. The van der Waals surface area contributed by atoms with E-state index in [2.05, 4.69) is 18.5 Å². The fraction of sp³-hybridized carbons (Fsp3) is 0.143. The fourth-order valence-corrected chi connectivity index (χ4v) is 0.0911. The summed E-state index contributed by atoms with van der Waals surface area (Å²) in [7, 11) is 1.62. The van der Waals surface area contributed by atoms with Gasteiger partial charge in [-0.05, 0) is 12.4 Å². The Kier molecular flexibility index (Phi) is 12.4. The van der Waals surface area contributed by atoms with Crippen molar-refractivity contribution in [3.8, 4) is 0 Å². The van der Waals surface area contributed by atoms with Gasteiger partial charge in [0.05, 0.1) is 0 Å². The Morgan fingerprint density at radius 3 is 1.91 bits per heavy atom. The summed E-state index contributed by atoms with van der Waals surface area (Å²) in [5, 5.41) is 2.19. The largest absolute Gasteiger partial charge is 0.336 e. The maximum absolute atomic E-state index is 9.59. The normalized spacial score (nSPS) is 6.27. The highest BCUT2D eigenvalue weighted by Gasteiger charge is 1.73. The van der Waals surface area contributed by atoms with Gasteiger partial charge in [-0.3, -0.25) is 9.59 Å². The number of nitrogens with one attached hydrogen (secondary N) is 1. The van der Waals surface area contributed by atoms with Crippen molar-refractivity contribution in [3.05, 3.63) is 25.6 Å². The van der Waals surface area contributed by atoms with Crippen LogP contribution in [0.5, 0.6) is 0 Å². The molecule has 0 saturated carbocycles. The van der Waals surface area contributed by atoms with Crippen LogP contribution in [0.4, 0.5) is 0 Å². The zero-order valence-electron chi connectivity index (χ0n) is 6.49. The summed E-state index contributed by atoms with van der Waals surface area (Å²) in [5.74, 6) is 0. The Labute approximate surface area is 66.2 Å². The molecule has 0 unspecified atom stereocenters. The molecule has 0 spiro atoms. The molecule has 0 heterocycles. The summed E-state index contributed by atoms with van der Waals surface area (Å²) >= 11 is 0. The van der Waals surface area contributed by atoms with Crippen LogP contribution in [0.3, 0.4) is 0 Å². The van der Waals surface area contributed by atoms with Crippen LogP contribution >= 0.6 is 0 Å². The molecule has 0 rings (SSSR count). The first-order valence-electron chi connectivity index (χ1n) is 2.83. The molecule has 0 aromatic rings. The lowest BCUT2D eigenvalue weighted by Gasteiger charge is -1.96. The third kappa shape index (κ3) is 17.8. The van der Waals surface area contributed by atoms with Gasteiger partial charge in [0.1, 0.15) is 0 Å². The minimum absolute atomic E-state index is 0.562. The van der Waals surface area contributed by atoms with Crippen LogP contribution in [0, 0.1) is 0 Å². The molecule has 0 radical (unpaired) electrons. The standard InChI is InChI=1S/C4H7NO.C3H5NO/c1-3-5(2)4-6;1-2-4-3-5/h3-4H,1H2,2H3;2-3H,1H2,(H,4,5). The number of hydrogen-bond donors (Lipinski definition) is 1. The molecule has 1 N–H and O–H groups in total. The third-order valence-electron chi connectivity index (χ3n) is 0.640. The van der Waals surface area contributed by atoms with Crippen LogP contribution in [-0.2, 0) is 9.59 Å². The minimum Gasteiger partial charge on any atom is -0.336 e. The summed E-state index contributed by atoms with van der Waals surface area (Å²) in [4.78, 5) is 20.1. The average molecular weight is 156 g/mol. The zero-order chi connectivity index (χ0) is 9.11. The second-order valence-electron chi connectivity index (χ2n) is 1.44. The molecule has 0 aliphatic carbocycles. The van der Waals surface area contributed by atoms with Crippen LogP contribution in [0.2, 0.25) is 0 Å². The molecular weight excluding hydrogens is 144 g/mol. The maximum atomic E-state index is 9.59. The molecule has 0 aromatic carbocycles. The smallest absolute Gasteiger partial charge is 0.213 e. The molecule has 0 fully saturated rings. The summed E-state index contributed by atoms with van der Waals surface area (Å²) in [5.41, 5.74) is 0. The fourth-order valence-electron chi connectivity index (χ4n) is 0.0911. The summed E-state index contributed by atoms with van der Waals surface area (Å²) in [6.07, 6.45) is 4.00. The Morgan fingerprint density at radius 1 is 1.36 bits per heavy atom. The molecule has 0 aromatic heterocycles. The molecule has 0 aliphatic rings. The number of carbonyl (C=O) groups excluding carboxylic acids is 2. The van der Waals surface area contributed by atoms with Gasteiger partial charge in [0.2, 0.25) is 12.8 Å². The highest BCUT2D eigenvalue weighted by Crippen LogP contribution is 1.67. The number of hydrogen-bond acceptors (Lipinski definition) is 2. The molecule has 0 saturated heterocycles. The number of nitrogens with zero attached hydrogens (tertiary/aromatic N) is 1. The Hall–Kier alpha value is -1.58. The van der Waals surface area contributed by atoms with E-state index in [1.165, 1.54) is 17.3 Å². The van der Waals surface area contributed by atoms with Gasteiger partial charge in [-0.1, -0.05) is 13.2 Å². The number of carbonyl (C=O) groups is 2. The van der Waals surface area contributed by atoms with E-state index in [0.29, 0.717) is 12.8 Å². The third-order valence-corrected chi connectivity index (χ3v) is 0.640. The second kappa shape index (κ2) is 11.2. The zero-order valence-corrected chi connectivity index (χ0v) is 6.49. The van der Waals surface area contributed by atoms with Crippen LogP contribution in [0.1, 0.15) is 0 Å². The summed E-state index contributed by atoms with van der Waals surface area (Å²) in [6, 6.07) is 0. The summed E-state index contributed by atoms with van der Waals surface area (Å²) < 4.78 is 0. The maximum Gasteiger partial charge on any atom is 0.213 e. The first kappa shape index (κ1) is 12.1. The van der Waals surface area contributed by atoms with Crippen molar-refractivity contribution < 1.29 is 9.59 Å². The first-order valence-corrected chi connectivity index (χ1v) is 2.83. The van der Waals surface area contributed by atoms with Crippen molar-refractivity contribution in [2.24, 2.45) is 0 Å². The van der Waals surface area contributed by atoms with Gasteiger partial charge in [-0.15, -0.1) is 0 Å². The Balaban J connectivity index is 0. The van der Waals surface area contributed by atoms with Gasteiger partial charge in [0.15, 0.2) is 0 Å². The van der Waals surface area contributed by atoms with E-state index >= 15 is 0 Å². The van der Waals surface area contributed by atoms with Crippen LogP contribution < -0.4 is 5.32 Å². The lowest BCUT2D eigenvalue weighted by molar-refractivity contribution is -0.115. The Bertz CT molecular complexity index is 120. The molecule has 0 aliphatic heterocycles. The van der Waals surface area contributed by atoms with Gasteiger partial charge in [-0.25, -0.2) is 0 Å². The van der Waals surface area contributed by atoms with Crippen molar-refractivity contribution in [3.63, 3.8) is 0 Å². The molecule has 4 heteroatoms. The quantitative estimate of drug-likeness (QED) is 0.586. The van der Waals surface area contributed by atoms with Gasteiger partial charge in [0.25, 0.3) is 0 Å². The predicted molar refractivity (Wildman–Crippen MR) is 43.4 cm³/mol. The average Bonchev–Trinajstić information content (AvgIpc) is 2.06. The van der Waals surface area contributed by atoms with E-state index < -0.39 is 0 Å².